The van der Waals surface area contributed by atoms with Crippen LogP contribution in [0.15, 0.2) is 194 Å². The van der Waals surface area contributed by atoms with Gasteiger partial charge in [-0.1, -0.05) is 217 Å². The minimum atomic E-state index is -1.54. The van der Waals surface area contributed by atoms with Crippen molar-refractivity contribution in [1.82, 2.24) is 71.4 Å². The van der Waals surface area contributed by atoms with Crippen molar-refractivity contribution in [3.8, 4) is 22.5 Å². The molecule has 2 saturated heterocycles. The Bertz CT molecular complexity index is 4760. The highest BCUT2D eigenvalue weighted by Gasteiger charge is 2.49. The van der Waals surface area contributed by atoms with Crippen molar-refractivity contribution in [3.63, 3.8) is 0 Å². The predicted octanol–water partition coefficient (Wildman–Crippen LogP) is 13.2. The van der Waals surface area contributed by atoms with E-state index < -0.39 is 147 Å². The van der Waals surface area contributed by atoms with Crippen molar-refractivity contribution in [3.05, 3.63) is 239 Å². The molecule has 10 atom stereocenters. The number of urea groups is 2. The lowest BCUT2D eigenvalue weighted by molar-refractivity contribution is -0.132. The van der Waals surface area contributed by atoms with Gasteiger partial charge >= 0.3 is 30.4 Å². The Balaban J connectivity index is 1.14. The molecule has 0 aliphatic carbocycles. The molecule has 2 aliphatic heterocycles. The molecule has 0 spiro atoms. The first kappa shape index (κ1) is 97.8. The standard InChI is InChI=1S/C99H128N14O15/c1-94(2,3)81(108-89(118)125-17)85(114)104-71(55-65-41-45-67(46-42-65)73-37-25-27-49-100-73)59-77(75(57-63-31-21-19-22-32-63)106-87(116)83(96(7,8)9)112-53-51-110(91(112)120)61-69-35-29-39-79(102-69)98(13,14)123)127-93(122)128-78(60-72(105-86(115)82(95(4,5)6)109-90(119)126-18)56-66-43-47-68(48-44-66)74-38-26-28-50-101-74)76(58-64-33-23-20-24-34-64)107-88(117)84(97(10,11)12)113-54-52-111(92(113)121)62-70-36-30-40-80(103-70)99(15,16)124/h19-50,71-72,75-78,81-84,123-124H,51-62H2,1-18H3,(H,104,114)(H,105,115)(H,106,116)(H,107,117)(H,108,118)(H,109,119)/t71-,72-,75-,76-,77-,78-,81+,82+,83+,84+/m0/s1. The Morgan fingerprint density at radius 2 is 0.727 bits per heavy atom. The molecule has 6 heterocycles. The molecule has 29 nitrogen and oxygen atoms in total. The molecule has 2 aliphatic rings. The first-order valence-electron chi connectivity index (χ1n) is 43.7. The smallest absolute Gasteiger partial charge is 0.453 e. The summed E-state index contributed by atoms with van der Waals surface area (Å²) < 4.78 is 24.3. The number of pyridine rings is 4. The third-order valence-corrected chi connectivity index (χ3v) is 22.9. The van der Waals surface area contributed by atoms with E-state index in [0.717, 1.165) is 11.1 Å². The molecule has 4 aromatic heterocycles. The Hall–Kier alpha value is -12.4. The average molecular weight is 1750 g/mol. The van der Waals surface area contributed by atoms with Gasteiger partial charge in [0.1, 0.15) is 47.6 Å². The molecule has 128 heavy (non-hydrogen) atoms. The molecule has 29 heteroatoms. The summed E-state index contributed by atoms with van der Waals surface area (Å²) in [5.41, 5.74) is 1.05. The van der Waals surface area contributed by atoms with Gasteiger partial charge in [-0.15, -0.1) is 0 Å². The number of ether oxygens (including phenoxy) is 4. The Labute approximate surface area is 752 Å². The summed E-state index contributed by atoms with van der Waals surface area (Å²) in [5, 5.41) is 40.6. The number of hydrogen-bond acceptors (Lipinski definition) is 19. The van der Waals surface area contributed by atoms with Gasteiger partial charge in [0.05, 0.1) is 73.6 Å². The van der Waals surface area contributed by atoms with Crippen LogP contribution in [0.2, 0.25) is 0 Å². The number of aromatic nitrogens is 4. The number of hydrogen-bond donors (Lipinski definition) is 8. The van der Waals surface area contributed by atoms with E-state index in [2.05, 4.69) is 41.9 Å². The summed E-state index contributed by atoms with van der Waals surface area (Å²) in [7, 11) is 2.37. The maximum atomic E-state index is 16.7. The largest absolute Gasteiger partial charge is 0.508 e. The molecule has 10 rings (SSSR count). The maximum Gasteiger partial charge on any atom is 0.508 e. The van der Waals surface area contributed by atoms with Crippen molar-refractivity contribution >= 4 is 54.0 Å². The maximum absolute atomic E-state index is 16.7. The van der Waals surface area contributed by atoms with Crippen LogP contribution in [-0.4, -0.2) is 205 Å². The summed E-state index contributed by atoms with van der Waals surface area (Å²) in [6.07, 6.45) is -3.44. The highest BCUT2D eigenvalue weighted by Crippen LogP contribution is 2.35. The van der Waals surface area contributed by atoms with Gasteiger partial charge in [-0.3, -0.25) is 39.1 Å². The lowest BCUT2D eigenvalue weighted by atomic mass is 9.84. The van der Waals surface area contributed by atoms with Gasteiger partial charge in [-0.2, -0.15) is 0 Å². The summed E-state index contributed by atoms with van der Waals surface area (Å²) >= 11 is 0. The molecule has 0 unspecified atom stereocenters. The van der Waals surface area contributed by atoms with E-state index in [0.29, 0.717) is 56.4 Å². The summed E-state index contributed by atoms with van der Waals surface area (Å²) in [6, 6.07) is 44.6. The zero-order valence-electron chi connectivity index (χ0n) is 77.0. The number of methoxy groups -OCH3 is 2. The van der Waals surface area contributed by atoms with E-state index in [-0.39, 0.29) is 77.8 Å². The first-order valence-corrected chi connectivity index (χ1v) is 43.7. The van der Waals surface area contributed by atoms with Crippen LogP contribution in [-0.2, 0) is 88.1 Å². The monoisotopic (exact) mass is 1750 g/mol. The molecule has 8 aromatic rings. The third-order valence-electron chi connectivity index (χ3n) is 22.9. The number of rotatable bonds is 36. The summed E-state index contributed by atoms with van der Waals surface area (Å²) in [6.45, 7) is 28.9. The van der Waals surface area contributed by atoms with Crippen LogP contribution in [0.3, 0.4) is 0 Å². The van der Waals surface area contributed by atoms with Crippen LogP contribution in [0.25, 0.3) is 22.5 Å². The average Bonchev–Trinajstić information content (AvgIpc) is 1.62. The highest BCUT2D eigenvalue weighted by molar-refractivity contribution is 5.91. The van der Waals surface area contributed by atoms with Crippen LogP contribution >= 0.6 is 0 Å². The normalized spacial score (nSPS) is 15.8. The van der Waals surface area contributed by atoms with Crippen LogP contribution < -0.4 is 31.9 Å². The summed E-state index contributed by atoms with van der Waals surface area (Å²) in [5.74, 6) is -2.55. The molecule has 0 saturated carbocycles. The summed E-state index contributed by atoms with van der Waals surface area (Å²) in [4.78, 5) is 162. The zero-order chi connectivity index (χ0) is 93.2. The molecule has 0 radical (unpaired) electrons. The molecule has 684 valence electrons. The Kier molecular flexibility index (Phi) is 32.5. The molecule has 0 bridgehead atoms. The third kappa shape index (κ3) is 27.3. The second-order valence-electron chi connectivity index (χ2n) is 38.6. The van der Waals surface area contributed by atoms with Gasteiger partial charge in [0.2, 0.25) is 23.6 Å². The minimum Gasteiger partial charge on any atom is -0.453 e. The number of carbonyl (C=O) groups is 9. The van der Waals surface area contributed by atoms with Crippen molar-refractivity contribution < 1.29 is 72.3 Å². The number of nitrogens with zero attached hydrogens (tertiary/aromatic N) is 8. The second kappa shape index (κ2) is 42.5. The van der Waals surface area contributed by atoms with Crippen molar-refractivity contribution in [2.45, 2.75) is 234 Å². The first-order chi connectivity index (χ1) is 60.3. The zero-order valence-corrected chi connectivity index (χ0v) is 77.0. The van der Waals surface area contributed by atoms with Crippen LogP contribution in [0.1, 0.15) is 169 Å². The van der Waals surface area contributed by atoms with Gasteiger partial charge in [0.15, 0.2) is 0 Å². The lowest BCUT2D eigenvalue weighted by Gasteiger charge is -2.39. The van der Waals surface area contributed by atoms with Crippen molar-refractivity contribution in [2.75, 3.05) is 40.4 Å². The topological polar surface area (TPSA) is 368 Å². The van der Waals surface area contributed by atoms with Gasteiger partial charge in [0.25, 0.3) is 0 Å². The Morgan fingerprint density at radius 3 is 1.04 bits per heavy atom. The number of aliphatic hydroxyl groups is 2. The molecule has 4 aromatic carbocycles. The van der Waals surface area contributed by atoms with Crippen LogP contribution in [0.5, 0.6) is 0 Å². The van der Waals surface area contributed by atoms with Crippen molar-refractivity contribution in [1.29, 1.82) is 0 Å². The highest BCUT2D eigenvalue weighted by atomic mass is 16.7. The van der Waals surface area contributed by atoms with E-state index in [4.69, 9.17) is 28.9 Å². The van der Waals surface area contributed by atoms with Gasteiger partial charge < -0.3 is 80.7 Å². The van der Waals surface area contributed by atoms with E-state index in [9.17, 15) is 19.8 Å². The van der Waals surface area contributed by atoms with Crippen LogP contribution in [0, 0.1) is 21.7 Å². The van der Waals surface area contributed by atoms with E-state index in [1.165, 1.54) is 24.0 Å². The Morgan fingerprint density at radius 1 is 0.383 bits per heavy atom. The predicted molar refractivity (Wildman–Crippen MR) is 487 cm³/mol. The fourth-order valence-corrected chi connectivity index (χ4v) is 16.3. The fraction of sp³-hybridized carbons (Fsp3) is 0.465. The number of amides is 10. The van der Waals surface area contributed by atoms with Gasteiger partial charge in [0, 0.05) is 74.6 Å². The number of benzene rings is 4. The van der Waals surface area contributed by atoms with Crippen molar-refractivity contribution in [2.24, 2.45) is 21.7 Å². The fourth-order valence-electron chi connectivity index (χ4n) is 16.3. The molecule has 8 N–H and O–H groups in total. The molecular formula is C99H128N14O15. The second-order valence-corrected chi connectivity index (χ2v) is 38.6. The van der Waals surface area contributed by atoms with Gasteiger partial charge in [-0.05, 0) is 146 Å². The van der Waals surface area contributed by atoms with Crippen LogP contribution in [0.4, 0.5) is 24.0 Å². The molecule has 10 amide bonds. The SMILES string of the molecule is COC(=O)N[C@H](C(=O)N[C@@H](Cc1ccc(-c2ccccn2)cc1)C[C@H](OC(=O)O[C@@H](C[C@H](Cc1ccc(-c2ccccn2)cc1)NC(=O)[C@@H](NC(=O)OC)C(C)(C)C)[C@H](Cc1ccccc1)NC(=O)[C@@H](N1CCN(Cc2cccc(C(C)(C)O)n2)C1=O)C(C)(C)C)[C@H](Cc1ccccc1)NC(=O)[C@@H](N1CCN(Cc2cccc(C(C)(C)O)n2)C1=O)C(C)(C)C)C(C)(C)C. The minimum absolute atomic E-state index is 0.0390. The number of nitrogens with one attached hydrogen (secondary N) is 6. The van der Waals surface area contributed by atoms with Gasteiger partial charge in [-0.25, -0.2) is 24.0 Å². The quantitative estimate of drug-likeness (QED) is 0.0134. The van der Waals surface area contributed by atoms with E-state index in [1.807, 2.05) is 187 Å². The number of alkyl carbamates (subject to hydrolysis) is 2. The number of carbonyl (C=O) groups excluding carboxylic acids is 9. The lowest BCUT2D eigenvalue weighted by Crippen LogP contribution is -2.60. The van der Waals surface area contributed by atoms with E-state index in [1.54, 1.807) is 128 Å². The molecular weight excluding hydrogens is 1630 g/mol. The molecule has 2 fully saturated rings. The van der Waals surface area contributed by atoms with E-state index >= 15 is 33.6 Å².